The van der Waals surface area contributed by atoms with Crippen molar-refractivity contribution in [3.63, 3.8) is 0 Å². The minimum Gasteiger partial charge on any atom is -0.508 e. The van der Waals surface area contributed by atoms with Gasteiger partial charge in [-0.3, -0.25) is 0 Å². The minimum absolute atomic E-state index is 0.00655. The molecular weight excluding hydrogens is 363 g/mol. The summed E-state index contributed by atoms with van der Waals surface area (Å²) >= 11 is 0. The van der Waals surface area contributed by atoms with Crippen molar-refractivity contribution < 1.29 is 23.8 Å². The van der Waals surface area contributed by atoms with Gasteiger partial charge in [-0.1, -0.05) is 18.2 Å². The van der Waals surface area contributed by atoms with Gasteiger partial charge in [-0.25, -0.2) is 9.18 Å². The molecule has 2 aromatic rings. The topological polar surface area (TPSA) is 71.0 Å². The van der Waals surface area contributed by atoms with Gasteiger partial charge in [0.05, 0.1) is 19.2 Å². The van der Waals surface area contributed by atoms with Crippen LogP contribution in [-0.4, -0.2) is 48.4 Å². The lowest BCUT2D eigenvalue weighted by Crippen LogP contribution is -2.44. The average Bonchev–Trinajstić information content (AvgIpc) is 3.21. The molecular formula is C21H25FN2O4. The molecule has 1 atom stereocenters. The van der Waals surface area contributed by atoms with Gasteiger partial charge in [-0.05, 0) is 43.2 Å². The fraction of sp³-hybridized carbons (Fsp3) is 0.381. The van der Waals surface area contributed by atoms with E-state index in [9.17, 15) is 14.3 Å². The first-order chi connectivity index (χ1) is 13.6. The highest BCUT2D eigenvalue weighted by atomic mass is 19.1. The number of phenols is 1. The number of carbonyl (C=O) groups is 1. The van der Waals surface area contributed by atoms with Crippen LogP contribution in [0.25, 0.3) is 0 Å². The number of nitrogens with zero attached hydrogens (tertiary/aromatic N) is 1. The molecule has 1 saturated heterocycles. The van der Waals surface area contributed by atoms with Crippen LogP contribution in [0.2, 0.25) is 0 Å². The van der Waals surface area contributed by atoms with E-state index in [2.05, 4.69) is 5.32 Å². The van der Waals surface area contributed by atoms with Crippen molar-refractivity contribution in [3.05, 3.63) is 59.9 Å². The molecule has 0 aromatic heterocycles. The fourth-order valence-corrected chi connectivity index (χ4v) is 3.07. The summed E-state index contributed by atoms with van der Waals surface area (Å²) in [6, 6.07) is 12.5. The molecule has 0 radical (unpaired) electrons. The van der Waals surface area contributed by atoms with E-state index in [-0.39, 0.29) is 36.9 Å². The van der Waals surface area contributed by atoms with Crippen LogP contribution in [0.3, 0.4) is 0 Å². The van der Waals surface area contributed by atoms with Crippen molar-refractivity contribution in [2.75, 3.05) is 26.3 Å². The molecule has 0 saturated carbocycles. The van der Waals surface area contributed by atoms with Gasteiger partial charge in [0.1, 0.15) is 23.9 Å². The third-order valence-electron chi connectivity index (χ3n) is 4.55. The van der Waals surface area contributed by atoms with Crippen LogP contribution in [0.1, 0.15) is 18.4 Å². The Labute approximate surface area is 163 Å². The van der Waals surface area contributed by atoms with E-state index < -0.39 is 0 Å². The Morgan fingerprint density at radius 3 is 2.75 bits per heavy atom. The Balaban J connectivity index is 1.53. The first-order valence-electron chi connectivity index (χ1n) is 9.41. The van der Waals surface area contributed by atoms with Gasteiger partial charge in [0, 0.05) is 18.7 Å². The van der Waals surface area contributed by atoms with Crippen molar-refractivity contribution in [2.45, 2.75) is 25.5 Å². The molecule has 2 amide bonds. The number of benzene rings is 2. The van der Waals surface area contributed by atoms with E-state index in [0.717, 1.165) is 12.8 Å². The molecule has 1 heterocycles. The number of para-hydroxylation sites is 1. The van der Waals surface area contributed by atoms with Crippen LogP contribution < -0.4 is 10.1 Å². The summed E-state index contributed by atoms with van der Waals surface area (Å²) in [5.41, 5.74) is 0.679. The number of amides is 2. The second kappa shape index (κ2) is 9.94. The highest BCUT2D eigenvalue weighted by Crippen LogP contribution is 2.20. The summed E-state index contributed by atoms with van der Waals surface area (Å²) < 4.78 is 24.1. The van der Waals surface area contributed by atoms with E-state index >= 15 is 0 Å². The van der Waals surface area contributed by atoms with Crippen molar-refractivity contribution in [1.82, 2.24) is 10.2 Å². The number of aromatic hydroxyl groups is 1. The van der Waals surface area contributed by atoms with Crippen LogP contribution >= 0.6 is 0 Å². The van der Waals surface area contributed by atoms with Crippen molar-refractivity contribution >= 4 is 6.03 Å². The highest BCUT2D eigenvalue weighted by Gasteiger charge is 2.23. The molecule has 3 rings (SSSR count). The molecule has 2 N–H and O–H groups in total. The number of ether oxygens (including phenoxy) is 2. The summed E-state index contributed by atoms with van der Waals surface area (Å²) in [5, 5.41) is 12.9. The predicted molar refractivity (Wildman–Crippen MR) is 103 cm³/mol. The summed E-state index contributed by atoms with van der Waals surface area (Å²) in [6.07, 6.45) is 1.91. The Bertz CT molecular complexity index is 763. The molecule has 1 unspecified atom stereocenters. The molecule has 0 spiro atoms. The standard InChI is InChI=1S/C21H25FN2O4/c22-17-7-9-18(10-8-17)28-13-11-23-21(26)24(15-19-5-3-12-27-19)14-16-4-1-2-6-20(16)25/h1-2,4,6-10,19,25H,3,5,11-15H2,(H,23,26). The summed E-state index contributed by atoms with van der Waals surface area (Å²) in [5.74, 6) is 0.378. The van der Waals surface area contributed by atoms with Crippen LogP contribution in [0.15, 0.2) is 48.5 Å². The Morgan fingerprint density at radius 1 is 1.25 bits per heavy atom. The van der Waals surface area contributed by atoms with E-state index in [0.29, 0.717) is 31.0 Å². The third kappa shape index (κ3) is 5.85. The number of phenolic OH excluding ortho intramolecular Hbond substituents is 1. The third-order valence-corrected chi connectivity index (χ3v) is 4.55. The Morgan fingerprint density at radius 2 is 2.04 bits per heavy atom. The van der Waals surface area contributed by atoms with Crippen LogP contribution in [0.4, 0.5) is 9.18 Å². The maximum Gasteiger partial charge on any atom is 0.317 e. The van der Waals surface area contributed by atoms with Gasteiger partial charge >= 0.3 is 6.03 Å². The van der Waals surface area contributed by atoms with Gasteiger partial charge in [-0.15, -0.1) is 0 Å². The van der Waals surface area contributed by atoms with Gasteiger partial charge in [0.2, 0.25) is 0 Å². The molecule has 2 aromatic carbocycles. The summed E-state index contributed by atoms with van der Waals surface area (Å²) in [4.78, 5) is 14.3. The van der Waals surface area contributed by atoms with E-state index in [1.54, 1.807) is 35.2 Å². The fourth-order valence-electron chi connectivity index (χ4n) is 3.07. The number of urea groups is 1. The maximum absolute atomic E-state index is 12.9. The summed E-state index contributed by atoms with van der Waals surface area (Å²) in [6.45, 7) is 2.03. The zero-order valence-electron chi connectivity index (χ0n) is 15.6. The predicted octanol–water partition coefficient (Wildman–Crippen LogP) is 3.30. The molecule has 6 nitrogen and oxygen atoms in total. The Kier molecular flexibility index (Phi) is 7.08. The van der Waals surface area contributed by atoms with Gasteiger partial charge in [0.25, 0.3) is 0 Å². The Hall–Kier alpha value is -2.80. The van der Waals surface area contributed by atoms with Crippen molar-refractivity contribution in [1.29, 1.82) is 0 Å². The van der Waals surface area contributed by atoms with Crippen LogP contribution in [0.5, 0.6) is 11.5 Å². The SMILES string of the molecule is O=C(NCCOc1ccc(F)cc1)N(Cc1ccccc1O)CC1CCCO1. The molecule has 1 aliphatic rings. The van der Waals surface area contributed by atoms with Crippen LogP contribution in [-0.2, 0) is 11.3 Å². The highest BCUT2D eigenvalue weighted by molar-refractivity contribution is 5.74. The normalized spacial score (nSPS) is 16.0. The molecule has 28 heavy (non-hydrogen) atoms. The lowest BCUT2D eigenvalue weighted by Gasteiger charge is -2.26. The van der Waals surface area contributed by atoms with Crippen molar-refractivity contribution in [3.8, 4) is 11.5 Å². The van der Waals surface area contributed by atoms with Gasteiger partial charge < -0.3 is 24.8 Å². The number of nitrogens with one attached hydrogen (secondary N) is 1. The number of hydrogen-bond donors (Lipinski definition) is 2. The monoisotopic (exact) mass is 388 g/mol. The molecule has 7 heteroatoms. The van der Waals surface area contributed by atoms with Crippen LogP contribution in [0, 0.1) is 5.82 Å². The van der Waals surface area contributed by atoms with Gasteiger partial charge in [0.15, 0.2) is 0 Å². The first-order valence-corrected chi connectivity index (χ1v) is 9.41. The van der Waals surface area contributed by atoms with E-state index in [4.69, 9.17) is 9.47 Å². The quantitative estimate of drug-likeness (QED) is 0.681. The number of hydrogen-bond acceptors (Lipinski definition) is 4. The second-order valence-corrected chi connectivity index (χ2v) is 6.68. The van der Waals surface area contributed by atoms with E-state index in [1.807, 2.05) is 6.07 Å². The zero-order chi connectivity index (χ0) is 19.8. The summed E-state index contributed by atoms with van der Waals surface area (Å²) in [7, 11) is 0. The molecule has 1 fully saturated rings. The smallest absolute Gasteiger partial charge is 0.317 e. The molecule has 150 valence electrons. The second-order valence-electron chi connectivity index (χ2n) is 6.68. The average molecular weight is 388 g/mol. The first kappa shape index (κ1) is 19.9. The number of carbonyl (C=O) groups excluding carboxylic acids is 1. The largest absolute Gasteiger partial charge is 0.508 e. The maximum atomic E-state index is 12.9. The number of halogens is 1. The van der Waals surface area contributed by atoms with Gasteiger partial charge in [-0.2, -0.15) is 0 Å². The molecule has 0 bridgehead atoms. The molecule has 1 aliphatic heterocycles. The lowest BCUT2D eigenvalue weighted by atomic mass is 10.1. The van der Waals surface area contributed by atoms with Crippen molar-refractivity contribution in [2.24, 2.45) is 0 Å². The molecule has 0 aliphatic carbocycles. The number of rotatable bonds is 8. The van der Waals surface area contributed by atoms with E-state index in [1.165, 1.54) is 12.1 Å². The zero-order valence-corrected chi connectivity index (χ0v) is 15.6. The lowest BCUT2D eigenvalue weighted by molar-refractivity contribution is 0.0791. The minimum atomic E-state index is -0.324.